The van der Waals surface area contributed by atoms with Crippen molar-refractivity contribution >= 4 is 44.8 Å². The second kappa shape index (κ2) is 2.90. The Morgan fingerprint density at radius 3 is 2.18 bits per heavy atom. The van der Waals surface area contributed by atoms with Crippen molar-refractivity contribution in [2.75, 3.05) is 0 Å². The lowest BCUT2D eigenvalue weighted by atomic mass is 10.7. The van der Waals surface area contributed by atoms with Gasteiger partial charge in [0.15, 0.2) is 4.21 Å². The van der Waals surface area contributed by atoms with Crippen molar-refractivity contribution in [2.24, 2.45) is 0 Å². The summed E-state index contributed by atoms with van der Waals surface area (Å²) in [5.74, 6) is 0. The highest BCUT2D eigenvalue weighted by molar-refractivity contribution is 7.88. The van der Waals surface area contributed by atoms with E-state index in [4.69, 9.17) is 23.2 Å². The van der Waals surface area contributed by atoms with E-state index in [9.17, 15) is 12.3 Å². The van der Waals surface area contributed by atoms with Gasteiger partial charge in [0.2, 0.25) is 0 Å². The molecule has 0 amide bonds. The van der Waals surface area contributed by atoms with Crippen LogP contribution in [0.15, 0.2) is 9.59 Å². The van der Waals surface area contributed by atoms with E-state index in [0.717, 1.165) is 0 Å². The van der Waals surface area contributed by atoms with Gasteiger partial charge >= 0.3 is 10.2 Å². The van der Waals surface area contributed by atoms with Gasteiger partial charge in [-0.3, -0.25) is 0 Å². The van der Waals surface area contributed by atoms with Crippen LogP contribution in [-0.4, -0.2) is 8.42 Å². The molecule has 0 unspecified atom stereocenters. The molecule has 11 heavy (non-hydrogen) atoms. The number of halogens is 3. The number of rotatable bonds is 1. The van der Waals surface area contributed by atoms with Crippen LogP contribution in [0.5, 0.6) is 0 Å². The molecule has 1 rings (SSSR count). The quantitative estimate of drug-likeness (QED) is 0.701. The van der Waals surface area contributed by atoms with E-state index >= 15 is 0 Å². The molecule has 2 nitrogen and oxygen atoms in total. The van der Waals surface area contributed by atoms with Gasteiger partial charge in [0, 0.05) is 5.38 Å². The molecule has 0 aromatic carbocycles. The summed E-state index contributed by atoms with van der Waals surface area (Å²) < 4.78 is 32.2. The van der Waals surface area contributed by atoms with Crippen LogP contribution in [0.1, 0.15) is 0 Å². The van der Waals surface area contributed by atoms with Crippen LogP contribution in [0.4, 0.5) is 3.89 Å². The highest BCUT2D eigenvalue weighted by Gasteiger charge is 2.20. The largest absolute Gasteiger partial charge is 0.343 e. The van der Waals surface area contributed by atoms with Gasteiger partial charge < -0.3 is 0 Å². The van der Waals surface area contributed by atoms with E-state index in [1.165, 1.54) is 5.38 Å². The molecule has 0 radical (unpaired) electrons. The van der Waals surface area contributed by atoms with Gasteiger partial charge in [-0.1, -0.05) is 27.1 Å². The molecule has 0 spiro atoms. The van der Waals surface area contributed by atoms with Crippen molar-refractivity contribution in [2.45, 2.75) is 4.21 Å². The summed E-state index contributed by atoms with van der Waals surface area (Å²) in [6.45, 7) is 0. The van der Waals surface area contributed by atoms with Gasteiger partial charge in [-0.05, 0) is 0 Å². The van der Waals surface area contributed by atoms with Crippen molar-refractivity contribution in [3.8, 4) is 0 Å². The molecule has 0 fully saturated rings. The maximum atomic E-state index is 12.2. The number of hydrogen-bond donors (Lipinski definition) is 0. The van der Waals surface area contributed by atoms with Gasteiger partial charge in [-0.15, -0.1) is 11.3 Å². The summed E-state index contributed by atoms with van der Waals surface area (Å²) >= 11 is 11.4. The third-order valence-corrected chi connectivity index (χ3v) is 4.33. The summed E-state index contributed by atoms with van der Waals surface area (Å²) in [5.41, 5.74) is 0. The molecule has 0 bridgehead atoms. The Kier molecular flexibility index (Phi) is 2.43. The Hall–Kier alpha value is 0.160. The minimum absolute atomic E-state index is 0.0490. The molecule has 0 saturated heterocycles. The first-order chi connectivity index (χ1) is 4.93. The fraction of sp³-hybridized carbons (Fsp3) is 0. The lowest BCUT2D eigenvalue weighted by Crippen LogP contribution is -1.87. The molecule has 0 N–H and O–H groups in total. The zero-order chi connectivity index (χ0) is 8.65. The fourth-order valence-electron chi connectivity index (χ4n) is 0.471. The molecular formula is C4HCl2FO2S2. The summed E-state index contributed by atoms with van der Waals surface area (Å²) in [5, 5.41) is 1.06. The molecular weight excluding hydrogens is 234 g/mol. The first-order valence-electron chi connectivity index (χ1n) is 2.30. The van der Waals surface area contributed by atoms with E-state index in [-0.39, 0.29) is 10.0 Å². The topological polar surface area (TPSA) is 34.1 Å². The van der Waals surface area contributed by atoms with Crippen LogP contribution in [0, 0.1) is 0 Å². The summed E-state index contributed by atoms with van der Waals surface area (Å²) in [4.78, 5) is 0. The SMILES string of the molecule is O=S(=O)(F)c1scc(Cl)c1Cl. The van der Waals surface area contributed by atoms with Gasteiger partial charge in [0.05, 0.1) is 10.0 Å². The maximum Gasteiger partial charge on any atom is 0.343 e. The van der Waals surface area contributed by atoms with Crippen molar-refractivity contribution < 1.29 is 12.3 Å². The Morgan fingerprint density at radius 2 is 2.00 bits per heavy atom. The predicted octanol–water partition coefficient (Wildman–Crippen LogP) is 2.71. The van der Waals surface area contributed by atoms with Crippen molar-refractivity contribution in [3.63, 3.8) is 0 Å². The average molecular weight is 235 g/mol. The molecule has 0 atom stereocenters. The lowest BCUT2D eigenvalue weighted by Gasteiger charge is -1.87. The highest BCUT2D eigenvalue weighted by atomic mass is 35.5. The molecule has 1 aromatic heterocycles. The van der Waals surface area contributed by atoms with Crippen LogP contribution in [-0.2, 0) is 10.2 Å². The Labute approximate surface area is 76.8 Å². The van der Waals surface area contributed by atoms with Crippen molar-refractivity contribution in [1.82, 2.24) is 0 Å². The Morgan fingerprint density at radius 1 is 1.45 bits per heavy atom. The Balaban J connectivity index is 3.38. The highest BCUT2D eigenvalue weighted by Crippen LogP contribution is 2.35. The summed E-state index contributed by atoms with van der Waals surface area (Å²) in [6, 6.07) is 0. The van der Waals surface area contributed by atoms with E-state index in [1.807, 2.05) is 0 Å². The zero-order valence-electron chi connectivity index (χ0n) is 4.84. The molecule has 0 aliphatic carbocycles. The smallest absolute Gasteiger partial charge is 0.188 e. The van der Waals surface area contributed by atoms with Crippen molar-refractivity contribution in [3.05, 3.63) is 15.4 Å². The minimum Gasteiger partial charge on any atom is -0.188 e. The summed E-state index contributed by atoms with van der Waals surface area (Å²) in [7, 11) is -4.71. The monoisotopic (exact) mass is 234 g/mol. The van der Waals surface area contributed by atoms with Crippen LogP contribution < -0.4 is 0 Å². The average Bonchev–Trinajstić information content (AvgIpc) is 2.11. The molecule has 0 aliphatic heterocycles. The van der Waals surface area contributed by atoms with E-state index in [1.54, 1.807) is 0 Å². The molecule has 0 aliphatic rings. The van der Waals surface area contributed by atoms with Gasteiger partial charge in [-0.2, -0.15) is 8.42 Å². The Bertz CT molecular complexity index is 369. The standard InChI is InChI=1S/C4HCl2FO2S2/c5-2-1-10-4(3(2)6)11(7,8)9/h1H. The van der Waals surface area contributed by atoms with Crippen LogP contribution >= 0.6 is 34.5 Å². The zero-order valence-corrected chi connectivity index (χ0v) is 7.99. The first kappa shape index (κ1) is 9.25. The summed E-state index contributed by atoms with van der Waals surface area (Å²) in [6.07, 6.45) is 0. The van der Waals surface area contributed by atoms with Crippen LogP contribution in [0.3, 0.4) is 0 Å². The van der Waals surface area contributed by atoms with E-state index in [2.05, 4.69) is 0 Å². The predicted molar refractivity (Wildman–Crippen MR) is 42.6 cm³/mol. The maximum absolute atomic E-state index is 12.2. The molecule has 7 heteroatoms. The molecule has 0 saturated carbocycles. The van der Waals surface area contributed by atoms with Gasteiger partial charge in [-0.25, -0.2) is 0 Å². The van der Waals surface area contributed by atoms with Crippen LogP contribution in [0.25, 0.3) is 0 Å². The normalized spacial score (nSPS) is 11.9. The lowest BCUT2D eigenvalue weighted by molar-refractivity contribution is 0.554. The molecule has 62 valence electrons. The third-order valence-electron chi connectivity index (χ3n) is 0.880. The van der Waals surface area contributed by atoms with Crippen LogP contribution in [0.2, 0.25) is 10.0 Å². The van der Waals surface area contributed by atoms with E-state index in [0.29, 0.717) is 11.3 Å². The fourth-order valence-corrected chi connectivity index (χ4v) is 2.81. The minimum atomic E-state index is -4.71. The first-order valence-corrected chi connectivity index (χ1v) is 5.32. The van der Waals surface area contributed by atoms with Gasteiger partial charge in [0.1, 0.15) is 0 Å². The second-order valence-corrected chi connectivity index (χ2v) is 4.83. The van der Waals surface area contributed by atoms with Gasteiger partial charge in [0.25, 0.3) is 0 Å². The second-order valence-electron chi connectivity index (χ2n) is 1.62. The molecule has 1 aromatic rings. The number of thiophene rings is 1. The van der Waals surface area contributed by atoms with E-state index < -0.39 is 14.4 Å². The third kappa shape index (κ3) is 1.84. The molecule has 1 heterocycles. The van der Waals surface area contributed by atoms with Crippen molar-refractivity contribution in [1.29, 1.82) is 0 Å². The number of hydrogen-bond acceptors (Lipinski definition) is 3.